The highest BCUT2D eigenvalue weighted by Crippen LogP contribution is 2.26. The second-order valence-electron chi connectivity index (χ2n) is 7.77. The van der Waals surface area contributed by atoms with Gasteiger partial charge in [0.05, 0.1) is 21.2 Å². The molecular weight excluding hydrogens is 475 g/mol. The zero-order chi connectivity index (χ0) is 23.5. The maximum absolute atomic E-state index is 12.8. The number of nitrogens with one attached hydrogen (secondary N) is 1. The maximum atomic E-state index is 12.8. The Kier molecular flexibility index (Phi) is 7.82. The molecule has 0 spiro atoms. The van der Waals surface area contributed by atoms with Crippen molar-refractivity contribution in [3.8, 4) is 0 Å². The van der Waals surface area contributed by atoms with Gasteiger partial charge in [-0.15, -0.1) is 0 Å². The van der Waals surface area contributed by atoms with E-state index in [1.54, 1.807) is 12.1 Å². The minimum Gasteiger partial charge on any atom is -0.449 e. The van der Waals surface area contributed by atoms with Crippen molar-refractivity contribution in [2.24, 2.45) is 5.92 Å². The van der Waals surface area contributed by atoms with Crippen molar-refractivity contribution in [1.29, 1.82) is 0 Å². The van der Waals surface area contributed by atoms with Crippen molar-refractivity contribution in [1.82, 2.24) is 4.31 Å². The molecule has 1 N–H and O–H groups in total. The van der Waals surface area contributed by atoms with E-state index >= 15 is 0 Å². The fraction of sp³-hybridized carbons (Fsp3) is 0.364. The van der Waals surface area contributed by atoms with Crippen LogP contribution in [0.4, 0.5) is 5.69 Å². The van der Waals surface area contributed by atoms with E-state index in [9.17, 15) is 18.0 Å². The number of sulfonamides is 1. The number of esters is 1. The minimum atomic E-state index is -3.61. The normalized spacial score (nSPS) is 16.4. The van der Waals surface area contributed by atoms with Crippen molar-refractivity contribution in [3.63, 3.8) is 0 Å². The molecule has 1 heterocycles. The summed E-state index contributed by atoms with van der Waals surface area (Å²) in [4.78, 5) is 24.9. The van der Waals surface area contributed by atoms with E-state index in [4.69, 9.17) is 27.9 Å². The monoisotopic (exact) mass is 498 g/mol. The number of nitrogens with zero attached hydrogens (tertiary/aromatic N) is 1. The predicted octanol–water partition coefficient (Wildman–Crippen LogP) is 4.60. The first kappa shape index (κ1) is 24.5. The van der Waals surface area contributed by atoms with Crippen molar-refractivity contribution >= 4 is 50.8 Å². The quantitative estimate of drug-likeness (QED) is 0.587. The molecule has 10 heteroatoms. The Labute approximate surface area is 197 Å². The van der Waals surface area contributed by atoms with Crippen LogP contribution in [0.5, 0.6) is 0 Å². The van der Waals surface area contributed by atoms with Gasteiger partial charge in [0.15, 0.2) is 6.10 Å². The SMILES string of the molecule is CC1CCN(S(=O)(=O)c2ccc(C(=O)OC(C)C(=O)Nc3ccc(Cl)cc3Cl)cc2)CC1. The van der Waals surface area contributed by atoms with Crippen LogP contribution in [0.25, 0.3) is 0 Å². The number of rotatable bonds is 6. The van der Waals surface area contributed by atoms with E-state index in [0.29, 0.717) is 29.7 Å². The number of anilines is 1. The van der Waals surface area contributed by atoms with Crippen LogP contribution >= 0.6 is 23.2 Å². The van der Waals surface area contributed by atoms with Gasteiger partial charge in [-0.05, 0) is 68.1 Å². The number of hydrogen-bond donors (Lipinski definition) is 1. The molecule has 1 saturated heterocycles. The zero-order valence-electron chi connectivity index (χ0n) is 17.7. The van der Waals surface area contributed by atoms with Crippen LogP contribution < -0.4 is 5.32 Å². The zero-order valence-corrected chi connectivity index (χ0v) is 20.0. The third kappa shape index (κ3) is 5.81. The van der Waals surface area contributed by atoms with Gasteiger partial charge in [0.1, 0.15) is 0 Å². The van der Waals surface area contributed by atoms with Gasteiger partial charge in [-0.25, -0.2) is 13.2 Å². The summed E-state index contributed by atoms with van der Waals surface area (Å²) < 4.78 is 32.3. The fourth-order valence-electron chi connectivity index (χ4n) is 3.24. The molecule has 7 nitrogen and oxygen atoms in total. The molecule has 1 fully saturated rings. The number of piperidine rings is 1. The Morgan fingerprint density at radius 3 is 2.31 bits per heavy atom. The largest absolute Gasteiger partial charge is 0.449 e. The predicted molar refractivity (Wildman–Crippen MR) is 124 cm³/mol. The van der Waals surface area contributed by atoms with Crippen molar-refractivity contribution < 1.29 is 22.7 Å². The molecule has 1 amide bonds. The van der Waals surface area contributed by atoms with Gasteiger partial charge in [-0.1, -0.05) is 30.1 Å². The molecule has 1 aliphatic rings. The van der Waals surface area contributed by atoms with E-state index in [2.05, 4.69) is 12.2 Å². The first-order chi connectivity index (χ1) is 15.1. The number of amides is 1. The Balaban J connectivity index is 1.62. The van der Waals surface area contributed by atoms with Crippen LogP contribution in [0.3, 0.4) is 0 Å². The molecule has 172 valence electrons. The summed E-state index contributed by atoms with van der Waals surface area (Å²) in [7, 11) is -3.61. The number of hydrogen-bond acceptors (Lipinski definition) is 5. The molecule has 0 radical (unpaired) electrons. The van der Waals surface area contributed by atoms with E-state index < -0.39 is 28.0 Å². The Bertz CT molecular complexity index is 1100. The number of carbonyl (C=O) groups excluding carboxylic acids is 2. The van der Waals surface area contributed by atoms with Crippen LogP contribution in [-0.2, 0) is 19.6 Å². The standard InChI is InChI=1S/C22H24Cl2N2O5S/c1-14-9-11-26(12-10-14)32(29,30)18-6-3-16(4-7-18)22(28)31-15(2)21(27)25-20-8-5-17(23)13-19(20)24/h3-8,13-15H,9-12H2,1-2H3,(H,25,27). The third-order valence-corrected chi connectivity index (χ3v) is 7.77. The summed E-state index contributed by atoms with van der Waals surface area (Å²) >= 11 is 11.9. The van der Waals surface area contributed by atoms with E-state index in [1.165, 1.54) is 41.6 Å². The number of benzene rings is 2. The maximum Gasteiger partial charge on any atom is 0.338 e. The highest BCUT2D eigenvalue weighted by atomic mass is 35.5. The number of ether oxygens (including phenoxy) is 1. The van der Waals surface area contributed by atoms with E-state index in [1.807, 2.05) is 0 Å². The highest BCUT2D eigenvalue weighted by molar-refractivity contribution is 7.89. The summed E-state index contributed by atoms with van der Waals surface area (Å²) in [5, 5.41) is 3.25. The lowest BCUT2D eigenvalue weighted by atomic mass is 10.0. The van der Waals surface area contributed by atoms with Crippen LogP contribution in [0.2, 0.25) is 10.0 Å². The lowest BCUT2D eigenvalue weighted by Gasteiger charge is -2.29. The lowest BCUT2D eigenvalue weighted by Crippen LogP contribution is -2.37. The first-order valence-corrected chi connectivity index (χ1v) is 12.3. The summed E-state index contributed by atoms with van der Waals surface area (Å²) in [6.07, 6.45) is 0.545. The molecule has 0 saturated carbocycles. The van der Waals surface area contributed by atoms with Gasteiger partial charge < -0.3 is 10.1 Å². The summed E-state index contributed by atoms with van der Waals surface area (Å²) in [6.45, 7) is 4.50. The molecule has 0 aliphatic carbocycles. The van der Waals surface area contributed by atoms with Crippen LogP contribution in [-0.4, -0.2) is 43.8 Å². The van der Waals surface area contributed by atoms with Crippen LogP contribution in [0, 0.1) is 5.92 Å². The molecule has 2 aromatic rings. The van der Waals surface area contributed by atoms with Gasteiger partial charge in [0.25, 0.3) is 5.91 Å². The average Bonchev–Trinajstić information content (AvgIpc) is 2.76. The molecule has 3 rings (SSSR count). The van der Waals surface area contributed by atoms with Gasteiger partial charge in [0.2, 0.25) is 10.0 Å². The van der Waals surface area contributed by atoms with Gasteiger partial charge >= 0.3 is 5.97 Å². The molecule has 1 unspecified atom stereocenters. The molecule has 0 aromatic heterocycles. The van der Waals surface area contributed by atoms with Gasteiger partial charge in [0, 0.05) is 18.1 Å². The number of carbonyl (C=O) groups is 2. The summed E-state index contributed by atoms with van der Waals surface area (Å²) in [5.74, 6) is -0.805. The highest BCUT2D eigenvalue weighted by Gasteiger charge is 2.28. The lowest BCUT2D eigenvalue weighted by molar-refractivity contribution is -0.123. The van der Waals surface area contributed by atoms with E-state index in [-0.39, 0.29) is 15.5 Å². The summed E-state index contributed by atoms with van der Waals surface area (Å²) in [6, 6.07) is 10.1. The Morgan fingerprint density at radius 2 is 1.72 bits per heavy atom. The second-order valence-corrected chi connectivity index (χ2v) is 10.6. The Hall–Kier alpha value is -2.13. The van der Waals surface area contributed by atoms with Crippen molar-refractivity contribution in [2.45, 2.75) is 37.7 Å². The second kappa shape index (κ2) is 10.2. The topological polar surface area (TPSA) is 92.8 Å². The smallest absolute Gasteiger partial charge is 0.338 e. The average molecular weight is 499 g/mol. The van der Waals surface area contributed by atoms with E-state index in [0.717, 1.165) is 12.8 Å². The molecule has 0 bridgehead atoms. The van der Waals surface area contributed by atoms with Gasteiger partial charge in [-0.3, -0.25) is 4.79 Å². The molecule has 2 aromatic carbocycles. The molecule has 1 aliphatic heterocycles. The van der Waals surface area contributed by atoms with Gasteiger partial charge in [-0.2, -0.15) is 4.31 Å². The van der Waals surface area contributed by atoms with Crippen molar-refractivity contribution in [3.05, 3.63) is 58.1 Å². The fourth-order valence-corrected chi connectivity index (χ4v) is 5.17. The molecule has 32 heavy (non-hydrogen) atoms. The van der Waals surface area contributed by atoms with Crippen LogP contribution in [0.15, 0.2) is 47.4 Å². The summed E-state index contributed by atoms with van der Waals surface area (Å²) in [5.41, 5.74) is 0.478. The minimum absolute atomic E-state index is 0.117. The Morgan fingerprint density at radius 1 is 1.09 bits per heavy atom. The molecule has 1 atom stereocenters. The number of halogens is 2. The van der Waals surface area contributed by atoms with Crippen LogP contribution in [0.1, 0.15) is 37.0 Å². The first-order valence-electron chi connectivity index (χ1n) is 10.1. The molecular formula is C22H24Cl2N2O5S. The third-order valence-electron chi connectivity index (χ3n) is 5.31. The van der Waals surface area contributed by atoms with Crippen molar-refractivity contribution in [2.75, 3.05) is 18.4 Å².